The highest BCUT2D eigenvalue weighted by molar-refractivity contribution is 6.09. The van der Waals surface area contributed by atoms with E-state index in [1.807, 2.05) is 12.1 Å². The Morgan fingerprint density at radius 3 is 2.69 bits per heavy atom. The molecule has 2 N–H and O–H groups in total. The molecule has 3 aromatic rings. The van der Waals surface area contributed by atoms with Gasteiger partial charge in [-0.25, -0.2) is 10.5 Å². The molecule has 0 bridgehead atoms. The summed E-state index contributed by atoms with van der Waals surface area (Å²) in [5, 5.41) is 8.66. The summed E-state index contributed by atoms with van der Waals surface area (Å²) in [6.45, 7) is 0.145. The number of pyridine rings is 1. The van der Waals surface area contributed by atoms with E-state index >= 15 is 0 Å². The van der Waals surface area contributed by atoms with Crippen LogP contribution in [0.2, 0.25) is 0 Å². The van der Waals surface area contributed by atoms with Crippen LogP contribution in [0, 0.1) is 11.8 Å². The van der Waals surface area contributed by atoms with Gasteiger partial charge in [-0.2, -0.15) is 0 Å². The Balaban J connectivity index is 1.62. The lowest BCUT2D eigenvalue weighted by molar-refractivity contribution is 0.0706. The molecule has 2 heterocycles. The lowest BCUT2D eigenvalue weighted by Gasteiger charge is -2.19. The van der Waals surface area contributed by atoms with Crippen LogP contribution in [0.15, 0.2) is 66.9 Å². The molecule has 0 fully saturated rings. The summed E-state index contributed by atoms with van der Waals surface area (Å²) in [6, 6.07) is 17.0. The maximum atomic E-state index is 13.1. The highest BCUT2D eigenvalue weighted by Gasteiger charge is 2.28. The molecule has 1 aliphatic rings. The number of anilines is 1. The van der Waals surface area contributed by atoms with Gasteiger partial charge in [-0.15, -0.1) is 0 Å². The largest absolute Gasteiger partial charge is 0.436 e. The second-order valence-corrected chi connectivity index (χ2v) is 6.14. The third-order valence-electron chi connectivity index (χ3n) is 4.33. The van der Waals surface area contributed by atoms with Crippen molar-refractivity contribution < 1.29 is 19.5 Å². The number of nitrogens with zero attached hydrogens (tertiary/aromatic N) is 2. The molecular formula is C22H15N3O4. The summed E-state index contributed by atoms with van der Waals surface area (Å²) in [7, 11) is 0. The second-order valence-electron chi connectivity index (χ2n) is 6.14. The number of nitrogens with one attached hydrogen (secondary N) is 1. The van der Waals surface area contributed by atoms with Crippen LogP contribution in [0.5, 0.6) is 11.6 Å². The van der Waals surface area contributed by atoms with Crippen LogP contribution in [0.4, 0.5) is 5.69 Å². The van der Waals surface area contributed by atoms with Gasteiger partial charge in [0.15, 0.2) is 5.75 Å². The summed E-state index contributed by atoms with van der Waals surface area (Å²) in [6.07, 6.45) is 1.57. The summed E-state index contributed by atoms with van der Waals surface area (Å²) in [5.41, 5.74) is 3.55. The van der Waals surface area contributed by atoms with Crippen LogP contribution < -0.4 is 15.1 Å². The van der Waals surface area contributed by atoms with Gasteiger partial charge in [0.2, 0.25) is 5.88 Å². The summed E-state index contributed by atoms with van der Waals surface area (Å²) < 4.78 is 5.83. The van der Waals surface area contributed by atoms with Crippen LogP contribution >= 0.6 is 0 Å². The van der Waals surface area contributed by atoms with E-state index in [-0.39, 0.29) is 18.3 Å². The van der Waals surface area contributed by atoms with Gasteiger partial charge < -0.3 is 4.74 Å². The number of fused-ring (bicyclic) bond motifs is 2. The Kier molecular flexibility index (Phi) is 4.93. The number of amides is 2. The Hall–Kier alpha value is -4.15. The van der Waals surface area contributed by atoms with Crippen molar-refractivity contribution in [2.24, 2.45) is 0 Å². The zero-order chi connectivity index (χ0) is 20.2. The summed E-state index contributed by atoms with van der Waals surface area (Å²) in [5.74, 6) is 5.92. The molecule has 0 radical (unpaired) electrons. The maximum Gasteiger partial charge on any atom is 0.274 e. The third-order valence-corrected chi connectivity index (χ3v) is 4.33. The van der Waals surface area contributed by atoms with E-state index in [0.717, 1.165) is 0 Å². The fourth-order valence-corrected chi connectivity index (χ4v) is 2.91. The van der Waals surface area contributed by atoms with E-state index in [4.69, 9.17) is 9.94 Å². The van der Waals surface area contributed by atoms with Gasteiger partial charge in [-0.3, -0.25) is 19.7 Å². The van der Waals surface area contributed by atoms with Crippen LogP contribution in [0.1, 0.15) is 26.3 Å². The monoisotopic (exact) mass is 385 g/mol. The normalized spacial score (nSPS) is 11.9. The molecule has 2 amide bonds. The number of carbonyl (C=O) groups is 2. The molecule has 2 aromatic carbocycles. The first-order valence-electron chi connectivity index (χ1n) is 8.74. The molecule has 0 aliphatic carbocycles. The summed E-state index contributed by atoms with van der Waals surface area (Å²) in [4.78, 5) is 30.1. The molecule has 0 spiro atoms. The van der Waals surface area contributed by atoms with Crippen LogP contribution in [0.25, 0.3) is 0 Å². The highest BCUT2D eigenvalue weighted by atomic mass is 16.5. The van der Waals surface area contributed by atoms with E-state index < -0.39 is 5.91 Å². The van der Waals surface area contributed by atoms with Gasteiger partial charge in [0, 0.05) is 17.3 Å². The average molecular weight is 385 g/mol. The van der Waals surface area contributed by atoms with Crippen molar-refractivity contribution in [1.29, 1.82) is 0 Å². The lowest BCUT2D eigenvalue weighted by atomic mass is 10.1. The molecule has 1 aliphatic heterocycles. The van der Waals surface area contributed by atoms with Gasteiger partial charge in [0.1, 0.15) is 5.56 Å². The van der Waals surface area contributed by atoms with Gasteiger partial charge in [-0.05, 0) is 48.5 Å². The van der Waals surface area contributed by atoms with E-state index in [1.54, 1.807) is 65.1 Å². The predicted molar refractivity (Wildman–Crippen MR) is 105 cm³/mol. The molecule has 0 atom stereocenters. The Morgan fingerprint density at radius 1 is 1.10 bits per heavy atom. The Bertz CT molecular complexity index is 1150. The molecular weight excluding hydrogens is 370 g/mol. The number of aromatic nitrogens is 1. The van der Waals surface area contributed by atoms with Crippen LogP contribution in [-0.4, -0.2) is 28.6 Å². The number of hydroxylamine groups is 1. The number of para-hydroxylation sites is 2. The Morgan fingerprint density at radius 2 is 1.90 bits per heavy atom. The fourth-order valence-electron chi connectivity index (χ4n) is 2.91. The van der Waals surface area contributed by atoms with Crippen LogP contribution in [-0.2, 0) is 0 Å². The quantitative estimate of drug-likeness (QED) is 0.402. The van der Waals surface area contributed by atoms with Gasteiger partial charge in [0.25, 0.3) is 11.8 Å². The molecule has 0 saturated carbocycles. The first-order valence-corrected chi connectivity index (χ1v) is 8.74. The van der Waals surface area contributed by atoms with E-state index in [0.29, 0.717) is 28.1 Å². The van der Waals surface area contributed by atoms with E-state index in [9.17, 15) is 9.59 Å². The average Bonchev–Trinajstić information content (AvgIpc) is 2.88. The number of hydrogen-bond donors (Lipinski definition) is 2. The van der Waals surface area contributed by atoms with E-state index in [1.165, 1.54) is 0 Å². The van der Waals surface area contributed by atoms with Crippen molar-refractivity contribution >= 4 is 17.5 Å². The molecule has 0 saturated heterocycles. The third kappa shape index (κ3) is 3.65. The SMILES string of the molecule is O=C(NO)c1ccc(C#CCN2C(=O)c3cccnc3Oc3ccccc32)cc1. The minimum Gasteiger partial charge on any atom is -0.436 e. The molecule has 7 heteroatoms. The Labute approximate surface area is 166 Å². The minimum absolute atomic E-state index is 0.145. The number of ether oxygens (including phenoxy) is 1. The molecule has 0 unspecified atom stereocenters. The van der Waals surface area contributed by atoms with Crippen molar-refractivity contribution in [3.8, 4) is 23.5 Å². The summed E-state index contributed by atoms with van der Waals surface area (Å²) >= 11 is 0. The number of rotatable bonds is 2. The first-order chi connectivity index (χ1) is 14.2. The van der Waals surface area contributed by atoms with Gasteiger partial charge in [-0.1, -0.05) is 24.0 Å². The molecule has 142 valence electrons. The number of benzene rings is 2. The first kappa shape index (κ1) is 18.2. The maximum absolute atomic E-state index is 13.1. The topological polar surface area (TPSA) is 91.8 Å². The minimum atomic E-state index is -0.594. The zero-order valence-corrected chi connectivity index (χ0v) is 15.1. The van der Waals surface area contributed by atoms with E-state index in [2.05, 4.69) is 16.8 Å². The smallest absolute Gasteiger partial charge is 0.274 e. The predicted octanol–water partition coefficient (Wildman–Crippen LogP) is 3.00. The second kappa shape index (κ2) is 7.84. The zero-order valence-electron chi connectivity index (χ0n) is 15.1. The highest BCUT2D eigenvalue weighted by Crippen LogP contribution is 2.37. The van der Waals surface area contributed by atoms with Crippen molar-refractivity contribution in [3.05, 3.63) is 83.6 Å². The van der Waals surface area contributed by atoms with Gasteiger partial charge in [0.05, 0.1) is 12.2 Å². The lowest BCUT2D eigenvalue weighted by Crippen LogP contribution is -2.30. The molecule has 4 rings (SSSR count). The molecule has 1 aromatic heterocycles. The van der Waals surface area contributed by atoms with Crippen molar-refractivity contribution in [2.75, 3.05) is 11.4 Å². The molecule has 29 heavy (non-hydrogen) atoms. The standard InChI is InChI=1S/C22H15N3O4/c26-20(24-28)16-11-9-15(10-12-16)5-4-14-25-18-7-1-2-8-19(18)29-21-17(22(25)27)6-3-13-23-21/h1-3,6-13,28H,14H2,(H,24,26). The van der Waals surface area contributed by atoms with Crippen molar-refractivity contribution in [3.63, 3.8) is 0 Å². The van der Waals surface area contributed by atoms with Crippen LogP contribution in [0.3, 0.4) is 0 Å². The number of hydrogen-bond acceptors (Lipinski definition) is 5. The van der Waals surface area contributed by atoms with Gasteiger partial charge >= 0.3 is 0 Å². The number of carbonyl (C=O) groups excluding carboxylic acids is 2. The van der Waals surface area contributed by atoms with Crippen molar-refractivity contribution in [1.82, 2.24) is 10.5 Å². The molecule has 7 nitrogen and oxygen atoms in total. The fraction of sp³-hybridized carbons (Fsp3) is 0.0455. The van der Waals surface area contributed by atoms with Crippen molar-refractivity contribution in [2.45, 2.75) is 0 Å².